The molecule has 116 valence electrons. The fourth-order valence-corrected chi connectivity index (χ4v) is 3.32. The molecule has 0 spiro atoms. The van der Waals surface area contributed by atoms with Gasteiger partial charge in [-0.1, -0.05) is 94.2 Å². The number of halogens is 1. The molecule has 1 unspecified atom stereocenters. The Balaban J connectivity index is 3.10. The predicted octanol–water partition coefficient (Wildman–Crippen LogP) is 6.10. The third kappa shape index (κ3) is 16.6. The minimum absolute atomic E-state index is 0.928. The Hall–Kier alpha value is 0.690. The lowest BCUT2D eigenvalue weighted by atomic mass is 10.0. The van der Waals surface area contributed by atoms with E-state index >= 15 is 0 Å². The van der Waals surface area contributed by atoms with Crippen molar-refractivity contribution in [1.29, 1.82) is 0 Å². The van der Waals surface area contributed by atoms with Crippen molar-refractivity contribution in [3.63, 3.8) is 0 Å². The van der Waals surface area contributed by atoms with E-state index in [1.165, 1.54) is 83.6 Å². The van der Waals surface area contributed by atoms with Crippen LogP contribution in [-0.4, -0.2) is 17.0 Å². The standard InChI is InChI=1S/C17H36IN/c1-3-5-6-7-8-11-14-17(18)15-12-9-10-13-16-19-4-2/h17,19H,3-16H2,1-2H3. The van der Waals surface area contributed by atoms with Gasteiger partial charge >= 0.3 is 0 Å². The molecule has 0 heterocycles. The van der Waals surface area contributed by atoms with Gasteiger partial charge in [0.1, 0.15) is 0 Å². The number of rotatable bonds is 15. The molecule has 0 saturated carbocycles. The minimum Gasteiger partial charge on any atom is -0.317 e. The van der Waals surface area contributed by atoms with Crippen molar-refractivity contribution in [1.82, 2.24) is 5.32 Å². The maximum atomic E-state index is 3.40. The van der Waals surface area contributed by atoms with E-state index in [-0.39, 0.29) is 0 Å². The molecule has 0 saturated heterocycles. The first kappa shape index (κ1) is 19.7. The van der Waals surface area contributed by atoms with E-state index in [0.717, 1.165) is 10.5 Å². The monoisotopic (exact) mass is 381 g/mol. The van der Waals surface area contributed by atoms with Gasteiger partial charge in [-0.3, -0.25) is 0 Å². The first-order valence-corrected chi connectivity index (χ1v) is 9.90. The summed E-state index contributed by atoms with van der Waals surface area (Å²) in [7, 11) is 0. The Labute approximate surface area is 135 Å². The number of nitrogens with one attached hydrogen (secondary N) is 1. The maximum absolute atomic E-state index is 3.40. The summed E-state index contributed by atoms with van der Waals surface area (Å²) < 4.78 is 0.928. The van der Waals surface area contributed by atoms with E-state index in [4.69, 9.17) is 0 Å². The summed E-state index contributed by atoms with van der Waals surface area (Å²) in [6.45, 7) is 6.80. The van der Waals surface area contributed by atoms with Gasteiger partial charge in [-0.05, 0) is 32.4 Å². The smallest absolute Gasteiger partial charge is 0.0110 e. The molecule has 0 aromatic rings. The largest absolute Gasteiger partial charge is 0.317 e. The van der Waals surface area contributed by atoms with Crippen LogP contribution in [-0.2, 0) is 0 Å². The SMILES string of the molecule is CCCCCCCCC(I)CCCCCCNCC. The lowest BCUT2D eigenvalue weighted by Gasteiger charge is -2.09. The number of hydrogen-bond donors (Lipinski definition) is 1. The molecule has 0 aliphatic carbocycles. The maximum Gasteiger partial charge on any atom is 0.0110 e. The molecule has 0 rings (SSSR count). The van der Waals surface area contributed by atoms with Crippen molar-refractivity contribution in [2.75, 3.05) is 13.1 Å². The number of unbranched alkanes of at least 4 members (excludes halogenated alkanes) is 8. The predicted molar refractivity (Wildman–Crippen MR) is 97.4 cm³/mol. The Morgan fingerprint density at radius 2 is 1.26 bits per heavy atom. The molecule has 2 heteroatoms. The van der Waals surface area contributed by atoms with Gasteiger partial charge in [0.05, 0.1) is 0 Å². The van der Waals surface area contributed by atoms with E-state index < -0.39 is 0 Å². The number of alkyl halides is 1. The van der Waals surface area contributed by atoms with Gasteiger partial charge in [0.25, 0.3) is 0 Å². The minimum atomic E-state index is 0.928. The lowest BCUT2D eigenvalue weighted by molar-refractivity contribution is 0.548. The van der Waals surface area contributed by atoms with Crippen LogP contribution >= 0.6 is 22.6 Å². The zero-order valence-electron chi connectivity index (χ0n) is 13.4. The van der Waals surface area contributed by atoms with Crippen LogP contribution in [0.2, 0.25) is 0 Å². The van der Waals surface area contributed by atoms with Crippen LogP contribution < -0.4 is 5.32 Å². The van der Waals surface area contributed by atoms with Crippen LogP contribution in [0.1, 0.15) is 90.9 Å². The van der Waals surface area contributed by atoms with E-state index in [9.17, 15) is 0 Å². The second kappa shape index (κ2) is 16.7. The van der Waals surface area contributed by atoms with Crippen molar-refractivity contribution in [3.05, 3.63) is 0 Å². The van der Waals surface area contributed by atoms with Gasteiger partial charge in [0.2, 0.25) is 0 Å². The Kier molecular flexibility index (Phi) is 17.4. The Morgan fingerprint density at radius 3 is 1.84 bits per heavy atom. The summed E-state index contributed by atoms with van der Waals surface area (Å²) in [5.41, 5.74) is 0. The summed E-state index contributed by atoms with van der Waals surface area (Å²) in [6, 6.07) is 0. The van der Waals surface area contributed by atoms with E-state index in [1.54, 1.807) is 0 Å². The van der Waals surface area contributed by atoms with Gasteiger partial charge in [-0.2, -0.15) is 0 Å². The first-order chi connectivity index (χ1) is 9.31. The van der Waals surface area contributed by atoms with E-state index in [2.05, 4.69) is 41.8 Å². The molecule has 0 fully saturated rings. The Morgan fingerprint density at radius 1 is 0.737 bits per heavy atom. The van der Waals surface area contributed by atoms with Gasteiger partial charge in [0.15, 0.2) is 0 Å². The van der Waals surface area contributed by atoms with Crippen molar-refractivity contribution in [2.24, 2.45) is 0 Å². The average Bonchev–Trinajstić information content (AvgIpc) is 2.41. The molecule has 1 nitrogen and oxygen atoms in total. The van der Waals surface area contributed by atoms with Crippen LogP contribution in [0.4, 0.5) is 0 Å². The van der Waals surface area contributed by atoms with Crippen LogP contribution in [0, 0.1) is 0 Å². The van der Waals surface area contributed by atoms with Gasteiger partial charge in [-0.25, -0.2) is 0 Å². The summed E-state index contributed by atoms with van der Waals surface area (Å²) in [6.07, 6.45) is 17.2. The molecule has 0 aliphatic rings. The fraction of sp³-hybridized carbons (Fsp3) is 1.00. The van der Waals surface area contributed by atoms with Gasteiger partial charge in [-0.15, -0.1) is 0 Å². The molecular weight excluding hydrogens is 345 g/mol. The van der Waals surface area contributed by atoms with Gasteiger partial charge < -0.3 is 5.32 Å². The Bertz CT molecular complexity index is 161. The normalized spacial score (nSPS) is 12.8. The van der Waals surface area contributed by atoms with E-state index in [1.807, 2.05) is 0 Å². The second-order valence-corrected chi connectivity index (χ2v) is 7.47. The quantitative estimate of drug-likeness (QED) is 0.205. The molecule has 0 aromatic carbocycles. The topological polar surface area (TPSA) is 12.0 Å². The fourth-order valence-electron chi connectivity index (χ4n) is 2.44. The van der Waals surface area contributed by atoms with Crippen molar-refractivity contribution in [2.45, 2.75) is 94.8 Å². The van der Waals surface area contributed by atoms with Crippen LogP contribution in [0.15, 0.2) is 0 Å². The highest BCUT2D eigenvalue weighted by Gasteiger charge is 2.03. The van der Waals surface area contributed by atoms with Crippen LogP contribution in [0.3, 0.4) is 0 Å². The van der Waals surface area contributed by atoms with E-state index in [0.29, 0.717) is 0 Å². The third-order valence-electron chi connectivity index (χ3n) is 3.74. The molecule has 0 radical (unpaired) electrons. The highest BCUT2D eigenvalue weighted by Crippen LogP contribution is 2.19. The molecule has 0 aromatic heterocycles. The second-order valence-electron chi connectivity index (χ2n) is 5.71. The van der Waals surface area contributed by atoms with Crippen molar-refractivity contribution < 1.29 is 0 Å². The summed E-state index contributed by atoms with van der Waals surface area (Å²) in [4.78, 5) is 0. The molecule has 19 heavy (non-hydrogen) atoms. The van der Waals surface area contributed by atoms with Crippen molar-refractivity contribution >= 4 is 22.6 Å². The average molecular weight is 381 g/mol. The van der Waals surface area contributed by atoms with Gasteiger partial charge in [0, 0.05) is 3.92 Å². The molecule has 0 aliphatic heterocycles. The molecular formula is C17H36IN. The van der Waals surface area contributed by atoms with Crippen LogP contribution in [0.25, 0.3) is 0 Å². The summed E-state index contributed by atoms with van der Waals surface area (Å²) >= 11 is 2.67. The molecule has 0 bridgehead atoms. The first-order valence-electron chi connectivity index (χ1n) is 8.66. The lowest BCUT2D eigenvalue weighted by Crippen LogP contribution is -2.13. The van der Waals surface area contributed by atoms with Crippen molar-refractivity contribution in [3.8, 4) is 0 Å². The number of hydrogen-bond acceptors (Lipinski definition) is 1. The molecule has 1 atom stereocenters. The molecule has 0 amide bonds. The highest BCUT2D eigenvalue weighted by molar-refractivity contribution is 14.1. The van der Waals surface area contributed by atoms with Crippen LogP contribution in [0.5, 0.6) is 0 Å². The zero-order chi connectivity index (χ0) is 14.2. The zero-order valence-corrected chi connectivity index (χ0v) is 15.5. The summed E-state index contributed by atoms with van der Waals surface area (Å²) in [5.74, 6) is 0. The molecule has 1 N–H and O–H groups in total. The summed E-state index contributed by atoms with van der Waals surface area (Å²) in [5, 5.41) is 3.40. The third-order valence-corrected chi connectivity index (χ3v) is 4.99. The highest BCUT2D eigenvalue weighted by atomic mass is 127.